The Morgan fingerprint density at radius 2 is 1.78 bits per heavy atom. The Morgan fingerprint density at radius 1 is 1.17 bits per heavy atom. The van der Waals surface area contributed by atoms with Gasteiger partial charge in [-0.3, -0.25) is 0 Å². The van der Waals surface area contributed by atoms with E-state index in [-0.39, 0.29) is 0 Å². The van der Waals surface area contributed by atoms with Crippen molar-refractivity contribution in [3.05, 3.63) is 29.8 Å². The predicted molar refractivity (Wildman–Crippen MR) is 73.9 cm³/mol. The van der Waals surface area contributed by atoms with E-state index in [0.29, 0.717) is 11.4 Å². The van der Waals surface area contributed by atoms with Gasteiger partial charge in [0.05, 0.1) is 4.90 Å². The summed E-state index contributed by atoms with van der Waals surface area (Å²) in [6, 6.07) is 7.07. The Hall–Kier alpha value is -0.910. The highest BCUT2D eigenvalue weighted by molar-refractivity contribution is 7.89. The van der Waals surface area contributed by atoms with Crippen LogP contribution in [0.1, 0.15) is 33.3 Å². The lowest BCUT2D eigenvalue weighted by molar-refractivity contribution is 0.490. The highest BCUT2D eigenvalue weighted by Crippen LogP contribution is 2.17. The topological polar surface area (TPSA) is 58.2 Å². The third kappa shape index (κ3) is 4.40. The normalized spacial score (nSPS) is 12.7. The van der Waals surface area contributed by atoms with Gasteiger partial charge >= 0.3 is 0 Å². The molecule has 0 amide bonds. The summed E-state index contributed by atoms with van der Waals surface area (Å²) in [5.41, 5.74) is 0.306. The summed E-state index contributed by atoms with van der Waals surface area (Å²) < 4.78 is 27.3. The summed E-state index contributed by atoms with van der Waals surface area (Å²) in [6.07, 6.45) is 0. The van der Waals surface area contributed by atoms with Crippen LogP contribution < -0.4 is 10.0 Å². The predicted octanol–water partition coefficient (Wildman–Crippen LogP) is 1.87. The maximum Gasteiger partial charge on any atom is 0.241 e. The lowest BCUT2D eigenvalue weighted by Crippen LogP contribution is -2.40. The zero-order valence-corrected chi connectivity index (χ0v) is 12.3. The molecule has 0 aliphatic heterocycles. The maximum atomic E-state index is 12.3. The van der Waals surface area contributed by atoms with Crippen molar-refractivity contribution in [1.29, 1.82) is 0 Å². The first-order valence-electron chi connectivity index (χ1n) is 6.09. The van der Waals surface area contributed by atoms with Crippen LogP contribution in [0.4, 0.5) is 0 Å². The average Bonchev–Trinajstić information content (AvgIpc) is 2.23. The Balaban J connectivity index is 3.08. The lowest BCUT2D eigenvalue weighted by atomic mass is 10.1. The molecule has 1 aromatic rings. The first-order chi connectivity index (χ1) is 8.26. The molecule has 0 unspecified atom stereocenters. The summed E-state index contributed by atoms with van der Waals surface area (Å²) in [5.74, 6) is 0. The van der Waals surface area contributed by atoms with Crippen molar-refractivity contribution in [2.45, 2.75) is 44.7 Å². The van der Waals surface area contributed by atoms with Crippen LogP contribution in [0.5, 0.6) is 0 Å². The third-order valence-electron chi connectivity index (χ3n) is 2.27. The molecular weight excluding hydrogens is 248 g/mol. The van der Waals surface area contributed by atoms with E-state index in [2.05, 4.69) is 10.0 Å². The van der Waals surface area contributed by atoms with Crippen LogP contribution in [0.15, 0.2) is 29.2 Å². The van der Waals surface area contributed by atoms with Crippen LogP contribution in [0.2, 0.25) is 0 Å². The van der Waals surface area contributed by atoms with Crippen molar-refractivity contribution < 1.29 is 8.42 Å². The van der Waals surface area contributed by atoms with Gasteiger partial charge in [-0.15, -0.1) is 0 Å². The quantitative estimate of drug-likeness (QED) is 0.859. The van der Waals surface area contributed by atoms with E-state index in [0.717, 1.165) is 12.1 Å². The first-order valence-corrected chi connectivity index (χ1v) is 7.57. The molecule has 0 aromatic heterocycles. The Labute approximate surface area is 110 Å². The van der Waals surface area contributed by atoms with E-state index in [1.807, 2.05) is 39.8 Å². The number of hydrogen-bond acceptors (Lipinski definition) is 3. The van der Waals surface area contributed by atoms with Crippen molar-refractivity contribution in [1.82, 2.24) is 10.0 Å². The zero-order valence-electron chi connectivity index (χ0n) is 11.4. The molecule has 0 radical (unpaired) electrons. The second kappa shape index (κ2) is 5.82. The molecule has 2 N–H and O–H groups in total. The molecule has 0 saturated carbocycles. The zero-order chi connectivity index (χ0) is 13.8. The van der Waals surface area contributed by atoms with E-state index in [1.165, 1.54) is 0 Å². The number of rotatable bonds is 5. The summed E-state index contributed by atoms with van der Waals surface area (Å²) >= 11 is 0. The fraction of sp³-hybridized carbons (Fsp3) is 0.538. The molecule has 102 valence electrons. The highest BCUT2D eigenvalue weighted by atomic mass is 32.2. The number of nitrogens with one attached hydrogen (secondary N) is 2. The second-order valence-electron chi connectivity index (χ2n) is 5.24. The van der Waals surface area contributed by atoms with E-state index in [4.69, 9.17) is 0 Å². The van der Waals surface area contributed by atoms with Gasteiger partial charge in [0.15, 0.2) is 0 Å². The molecule has 0 spiro atoms. The lowest BCUT2D eigenvalue weighted by Gasteiger charge is -2.21. The van der Waals surface area contributed by atoms with Gasteiger partial charge in [-0.25, -0.2) is 13.1 Å². The standard InChI is InChI=1S/C13H22N2O2S/c1-5-14-10-11-8-6-7-9-12(11)18(16,17)15-13(2,3)4/h6-9,14-15H,5,10H2,1-4H3. The van der Waals surface area contributed by atoms with E-state index in [9.17, 15) is 8.42 Å². The molecule has 0 saturated heterocycles. The van der Waals surface area contributed by atoms with Crippen LogP contribution in [0, 0.1) is 0 Å². The number of benzene rings is 1. The van der Waals surface area contributed by atoms with E-state index < -0.39 is 15.6 Å². The van der Waals surface area contributed by atoms with Crippen molar-refractivity contribution in [2.24, 2.45) is 0 Å². The van der Waals surface area contributed by atoms with Gasteiger partial charge in [-0.2, -0.15) is 0 Å². The van der Waals surface area contributed by atoms with E-state index in [1.54, 1.807) is 12.1 Å². The minimum atomic E-state index is -3.47. The molecule has 18 heavy (non-hydrogen) atoms. The van der Waals surface area contributed by atoms with Gasteiger partial charge < -0.3 is 5.32 Å². The number of sulfonamides is 1. The second-order valence-corrected chi connectivity index (χ2v) is 6.89. The molecule has 0 bridgehead atoms. The van der Waals surface area contributed by atoms with Crippen LogP contribution >= 0.6 is 0 Å². The Bertz CT molecular complexity index is 490. The molecule has 0 heterocycles. The summed E-state index contributed by atoms with van der Waals surface area (Å²) in [4.78, 5) is 0.348. The van der Waals surface area contributed by atoms with Gasteiger partial charge in [0.1, 0.15) is 0 Å². The Kier molecular flexibility index (Phi) is 4.90. The molecule has 0 aliphatic carbocycles. The molecule has 1 aromatic carbocycles. The van der Waals surface area contributed by atoms with Gasteiger partial charge in [0.25, 0.3) is 0 Å². The third-order valence-corrected chi connectivity index (χ3v) is 4.13. The van der Waals surface area contributed by atoms with Crippen LogP contribution in [-0.2, 0) is 16.6 Å². The van der Waals surface area contributed by atoms with Crippen molar-refractivity contribution >= 4 is 10.0 Å². The molecule has 0 fully saturated rings. The summed E-state index contributed by atoms with van der Waals surface area (Å²) in [5, 5.41) is 3.15. The SMILES string of the molecule is CCNCc1ccccc1S(=O)(=O)NC(C)(C)C. The van der Waals surface area contributed by atoms with Gasteiger partial charge in [-0.1, -0.05) is 25.1 Å². The molecule has 5 heteroatoms. The van der Waals surface area contributed by atoms with Crippen LogP contribution in [-0.4, -0.2) is 20.5 Å². The monoisotopic (exact) mass is 270 g/mol. The fourth-order valence-electron chi connectivity index (χ4n) is 1.63. The minimum Gasteiger partial charge on any atom is -0.313 e. The highest BCUT2D eigenvalue weighted by Gasteiger charge is 2.23. The molecule has 1 rings (SSSR count). The fourth-order valence-corrected chi connectivity index (χ4v) is 3.29. The average molecular weight is 270 g/mol. The molecule has 0 aliphatic rings. The summed E-state index contributed by atoms with van der Waals surface area (Å²) in [7, 11) is -3.47. The minimum absolute atomic E-state index is 0.348. The number of hydrogen-bond donors (Lipinski definition) is 2. The van der Waals surface area contributed by atoms with Gasteiger partial charge in [-0.05, 0) is 38.9 Å². The maximum absolute atomic E-state index is 12.3. The summed E-state index contributed by atoms with van der Waals surface area (Å²) in [6.45, 7) is 8.84. The smallest absolute Gasteiger partial charge is 0.241 e. The van der Waals surface area contributed by atoms with Crippen LogP contribution in [0.25, 0.3) is 0 Å². The van der Waals surface area contributed by atoms with Gasteiger partial charge in [0, 0.05) is 12.1 Å². The molecule has 4 nitrogen and oxygen atoms in total. The first kappa shape index (κ1) is 15.1. The van der Waals surface area contributed by atoms with E-state index >= 15 is 0 Å². The largest absolute Gasteiger partial charge is 0.313 e. The van der Waals surface area contributed by atoms with Crippen molar-refractivity contribution in [2.75, 3.05) is 6.54 Å². The van der Waals surface area contributed by atoms with Crippen molar-refractivity contribution in [3.63, 3.8) is 0 Å². The van der Waals surface area contributed by atoms with Crippen LogP contribution in [0.3, 0.4) is 0 Å². The molecular formula is C13H22N2O2S. The Morgan fingerprint density at radius 3 is 2.33 bits per heavy atom. The van der Waals surface area contributed by atoms with Gasteiger partial charge in [0.2, 0.25) is 10.0 Å². The van der Waals surface area contributed by atoms with Crippen molar-refractivity contribution in [3.8, 4) is 0 Å². The molecule has 0 atom stereocenters.